The maximum Gasteiger partial charge on any atom is 0.252 e. The summed E-state index contributed by atoms with van der Waals surface area (Å²) in [6.45, 7) is 0.930. The minimum Gasteiger partial charge on any atom is -0.494 e. The summed E-state index contributed by atoms with van der Waals surface area (Å²) in [4.78, 5) is 19.4. The number of halogens is 2. The number of aliphatic hydroxyl groups is 1. The Balaban J connectivity index is 1.41. The number of amides is 1. The topological polar surface area (TPSA) is 80.2 Å². The lowest BCUT2D eigenvalue weighted by molar-refractivity contribution is -0.128. The van der Waals surface area contributed by atoms with E-state index < -0.39 is 11.6 Å². The predicted octanol–water partition coefficient (Wildman–Crippen LogP) is 6.90. The van der Waals surface area contributed by atoms with Crippen molar-refractivity contribution in [1.29, 1.82) is 0 Å². The molecule has 0 aliphatic carbocycles. The summed E-state index contributed by atoms with van der Waals surface area (Å²) in [5, 5.41) is 12.2. The smallest absolute Gasteiger partial charge is 0.252 e. The Morgan fingerprint density at radius 3 is 2.41 bits per heavy atom. The van der Waals surface area contributed by atoms with Gasteiger partial charge in [-0.05, 0) is 65.2 Å². The fourth-order valence-corrected chi connectivity index (χ4v) is 6.07. The Kier molecular flexibility index (Phi) is 11.1. The highest BCUT2D eigenvalue weighted by molar-refractivity contribution is 9.10. The standard InChI is InChI=1S/C35H34BrFN2O4S/c36-29-13-9-27(10-14-29)32-35(23-25-5-2-1-3-6-25,34(41)38-19-22-44-24-26-7-15-30(37)16-8-26)39-33(43-32)28-11-17-31(18-12-28)42-21-4-20-40/h1-3,5-18,32,40H,4,19-24H2,(H,38,41)/t32-,35-/m1/s1. The maximum absolute atomic E-state index is 14.3. The number of nitrogens with zero attached hydrogens (tertiary/aromatic N) is 1. The minimum atomic E-state index is -1.26. The van der Waals surface area contributed by atoms with Gasteiger partial charge in [-0.3, -0.25) is 4.79 Å². The first-order chi connectivity index (χ1) is 21.5. The van der Waals surface area contributed by atoms with E-state index in [2.05, 4.69) is 21.2 Å². The molecule has 0 unspecified atom stereocenters. The summed E-state index contributed by atoms with van der Waals surface area (Å²) in [5.41, 5.74) is 2.31. The molecular formula is C35H34BrFN2O4S. The number of rotatable bonds is 14. The maximum atomic E-state index is 14.3. The van der Waals surface area contributed by atoms with E-state index in [4.69, 9.17) is 19.6 Å². The van der Waals surface area contributed by atoms with Crippen LogP contribution < -0.4 is 10.1 Å². The van der Waals surface area contributed by atoms with Gasteiger partial charge in [0.15, 0.2) is 11.6 Å². The molecule has 9 heteroatoms. The Labute approximate surface area is 269 Å². The third-order valence-corrected chi connectivity index (χ3v) is 8.79. The molecule has 0 fully saturated rings. The predicted molar refractivity (Wildman–Crippen MR) is 177 cm³/mol. The molecule has 228 valence electrons. The van der Waals surface area contributed by atoms with E-state index in [0.717, 1.165) is 32.5 Å². The lowest BCUT2D eigenvalue weighted by atomic mass is 9.82. The summed E-state index contributed by atoms with van der Waals surface area (Å²) in [6.07, 6.45) is 0.224. The first kappa shape index (κ1) is 31.8. The lowest BCUT2D eigenvalue weighted by Crippen LogP contribution is -2.50. The number of ether oxygens (including phenoxy) is 2. The summed E-state index contributed by atoms with van der Waals surface area (Å²) < 4.78 is 26.5. The van der Waals surface area contributed by atoms with E-state index in [1.165, 1.54) is 12.1 Å². The van der Waals surface area contributed by atoms with Crippen LogP contribution in [0.5, 0.6) is 5.75 Å². The number of benzene rings is 4. The molecule has 4 aromatic rings. The van der Waals surface area contributed by atoms with Crippen molar-refractivity contribution in [2.24, 2.45) is 4.99 Å². The third-order valence-electron chi connectivity index (χ3n) is 7.23. The molecule has 1 aliphatic rings. The number of carbonyl (C=O) groups excluding carboxylic acids is 1. The van der Waals surface area contributed by atoms with Gasteiger partial charge in [-0.25, -0.2) is 9.38 Å². The van der Waals surface area contributed by atoms with Gasteiger partial charge < -0.3 is 19.9 Å². The van der Waals surface area contributed by atoms with Gasteiger partial charge in [0.1, 0.15) is 11.6 Å². The summed E-state index contributed by atoms with van der Waals surface area (Å²) in [6, 6.07) is 31.5. The number of thioether (sulfide) groups is 1. The largest absolute Gasteiger partial charge is 0.494 e. The van der Waals surface area contributed by atoms with E-state index in [-0.39, 0.29) is 18.3 Å². The van der Waals surface area contributed by atoms with E-state index >= 15 is 0 Å². The number of hydrogen-bond donors (Lipinski definition) is 2. The van der Waals surface area contributed by atoms with Crippen LogP contribution in [0, 0.1) is 5.82 Å². The zero-order valence-electron chi connectivity index (χ0n) is 24.1. The number of hydrogen-bond acceptors (Lipinski definition) is 6. The van der Waals surface area contributed by atoms with Crippen LogP contribution in [-0.4, -0.2) is 48.0 Å². The van der Waals surface area contributed by atoms with Gasteiger partial charge in [0.05, 0.1) is 6.61 Å². The summed E-state index contributed by atoms with van der Waals surface area (Å²) in [5.74, 6) is 2.00. The Morgan fingerprint density at radius 1 is 0.977 bits per heavy atom. The molecule has 1 aliphatic heterocycles. The molecule has 1 heterocycles. The van der Waals surface area contributed by atoms with Gasteiger partial charge in [0.2, 0.25) is 5.90 Å². The van der Waals surface area contributed by atoms with Crippen molar-refractivity contribution in [3.63, 3.8) is 0 Å². The van der Waals surface area contributed by atoms with Gasteiger partial charge in [-0.1, -0.05) is 70.5 Å². The van der Waals surface area contributed by atoms with E-state index in [1.54, 1.807) is 23.9 Å². The van der Waals surface area contributed by atoms with Crippen molar-refractivity contribution in [2.75, 3.05) is 25.5 Å². The Morgan fingerprint density at radius 2 is 1.70 bits per heavy atom. The monoisotopic (exact) mass is 676 g/mol. The quantitative estimate of drug-likeness (QED) is 0.142. The second-order valence-electron chi connectivity index (χ2n) is 10.4. The van der Waals surface area contributed by atoms with Gasteiger partial charge in [-0.2, -0.15) is 11.8 Å². The first-order valence-electron chi connectivity index (χ1n) is 14.5. The normalized spacial score (nSPS) is 17.5. The third kappa shape index (κ3) is 8.08. The van der Waals surface area contributed by atoms with Crippen LogP contribution in [-0.2, 0) is 21.7 Å². The van der Waals surface area contributed by atoms with Crippen LogP contribution in [0.15, 0.2) is 113 Å². The number of nitrogens with one attached hydrogen (secondary N) is 1. The molecule has 0 radical (unpaired) electrons. The SMILES string of the molecule is O=C(NCCSCc1ccc(F)cc1)[C@]1(Cc2ccccc2)N=C(c2ccc(OCCCO)cc2)O[C@@H]1c1ccc(Br)cc1. The second kappa shape index (κ2) is 15.4. The van der Waals surface area contributed by atoms with Gasteiger partial charge in [0, 0.05) is 47.5 Å². The highest BCUT2D eigenvalue weighted by Gasteiger charge is 2.53. The number of carbonyl (C=O) groups is 1. The average Bonchev–Trinajstić information content (AvgIpc) is 3.43. The van der Waals surface area contributed by atoms with Crippen LogP contribution in [0.2, 0.25) is 0 Å². The lowest BCUT2D eigenvalue weighted by Gasteiger charge is -2.31. The molecule has 4 aromatic carbocycles. The van der Waals surface area contributed by atoms with E-state index in [1.807, 2.05) is 78.9 Å². The minimum absolute atomic E-state index is 0.0681. The van der Waals surface area contributed by atoms with Crippen LogP contribution in [0.25, 0.3) is 0 Å². The molecule has 5 rings (SSSR count). The van der Waals surface area contributed by atoms with E-state index in [9.17, 15) is 9.18 Å². The van der Waals surface area contributed by atoms with Crippen molar-refractivity contribution in [2.45, 2.75) is 30.2 Å². The van der Waals surface area contributed by atoms with Gasteiger partial charge >= 0.3 is 0 Å². The molecular weight excluding hydrogens is 643 g/mol. The van der Waals surface area contributed by atoms with Gasteiger partial charge in [0.25, 0.3) is 5.91 Å². The van der Waals surface area contributed by atoms with Crippen molar-refractivity contribution in [1.82, 2.24) is 5.32 Å². The highest BCUT2D eigenvalue weighted by Crippen LogP contribution is 2.43. The van der Waals surface area contributed by atoms with Crippen molar-refractivity contribution in [3.8, 4) is 5.75 Å². The fraction of sp³-hybridized carbons (Fsp3) is 0.257. The van der Waals surface area contributed by atoms with Gasteiger partial charge in [-0.15, -0.1) is 0 Å². The van der Waals surface area contributed by atoms with Crippen molar-refractivity contribution >= 4 is 39.5 Å². The molecule has 1 amide bonds. The summed E-state index contributed by atoms with van der Waals surface area (Å²) >= 11 is 5.19. The first-order valence-corrected chi connectivity index (χ1v) is 16.4. The van der Waals surface area contributed by atoms with Crippen molar-refractivity contribution < 1.29 is 23.8 Å². The van der Waals surface area contributed by atoms with Crippen LogP contribution in [0.3, 0.4) is 0 Å². The Bertz CT molecular complexity index is 1540. The molecule has 0 bridgehead atoms. The molecule has 0 saturated carbocycles. The zero-order chi connectivity index (χ0) is 30.8. The molecule has 0 aromatic heterocycles. The zero-order valence-corrected chi connectivity index (χ0v) is 26.5. The van der Waals surface area contributed by atoms with Crippen LogP contribution in [0.4, 0.5) is 4.39 Å². The van der Waals surface area contributed by atoms with Crippen molar-refractivity contribution in [3.05, 3.63) is 136 Å². The number of aliphatic hydroxyl groups excluding tert-OH is 1. The average molecular weight is 678 g/mol. The second-order valence-corrected chi connectivity index (χ2v) is 12.5. The molecule has 0 saturated heterocycles. The Hall–Kier alpha value is -3.66. The summed E-state index contributed by atoms with van der Waals surface area (Å²) in [7, 11) is 0. The fourth-order valence-electron chi connectivity index (χ4n) is 4.99. The highest BCUT2D eigenvalue weighted by atomic mass is 79.9. The molecule has 6 nitrogen and oxygen atoms in total. The molecule has 2 N–H and O–H groups in total. The van der Waals surface area contributed by atoms with Crippen LogP contribution in [0.1, 0.15) is 34.8 Å². The molecule has 0 spiro atoms. The number of aliphatic imine (C=N–C) groups is 1. The van der Waals surface area contributed by atoms with Crippen LogP contribution >= 0.6 is 27.7 Å². The van der Waals surface area contributed by atoms with E-state index in [0.29, 0.717) is 43.4 Å². The molecule has 2 atom stereocenters. The molecule has 44 heavy (non-hydrogen) atoms.